The molecule has 2 N–H and O–H groups in total. The van der Waals surface area contributed by atoms with Crippen molar-refractivity contribution in [1.29, 1.82) is 0 Å². The summed E-state index contributed by atoms with van der Waals surface area (Å²) in [5.74, 6) is 1.54. The molecule has 0 radical (unpaired) electrons. The summed E-state index contributed by atoms with van der Waals surface area (Å²) in [4.78, 5) is 7.08. The van der Waals surface area contributed by atoms with E-state index in [1.165, 1.54) is 12.1 Å². The van der Waals surface area contributed by atoms with Crippen LogP contribution in [0.2, 0.25) is 0 Å². The molecule has 2 unspecified atom stereocenters. The van der Waals surface area contributed by atoms with E-state index in [2.05, 4.69) is 52.7 Å². The van der Waals surface area contributed by atoms with Gasteiger partial charge in [-0.25, -0.2) is 4.98 Å². The van der Waals surface area contributed by atoms with Gasteiger partial charge in [0.2, 0.25) is 0 Å². The van der Waals surface area contributed by atoms with Crippen LogP contribution in [0.4, 0.5) is 5.69 Å². The molecule has 1 saturated heterocycles. The van der Waals surface area contributed by atoms with Crippen LogP contribution >= 0.6 is 0 Å². The monoisotopic (exact) mass is 272 g/mol. The van der Waals surface area contributed by atoms with Gasteiger partial charge < -0.3 is 15.0 Å². The number of hydrogen-bond donors (Lipinski definition) is 1. The predicted molar refractivity (Wildman–Crippen MR) is 83.1 cm³/mol. The largest absolute Gasteiger partial charge is 0.370 e. The Hall–Kier alpha value is -1.55. The standard InChI is InChI=1S/C16H24N4/c1-12-7-13(2)9-19(8-12)15-3-4-16-18-14(5-6-17)10-20(16)11-15/h3-4,10-13H,5-9,17H2,1-2H3. The van der Waals surface area contributed by atoms with Crippen LogP contribution in [-0.2, 0) is 6.42 Å². The van der Waals surface area contributed by atoms with Crippen LogP contribution in [0.25, 0.3) is 5.65 Å². The van der Waals surface area contributed by atoms with E-state index >= 15 is 0 Å². The summed E-state index contributed by atoms with van der Waals surface area (Å²) in [6.07, 6.45) is 6.48. The third kappa shape index (κ3) is 2.66. The van der Waals surface area contributed by atoms with Crippen LogP contribution in [0.1, 0.15) is 26.0 Å². The zero-order valence-electron chi connectivity index (χ0n) is 12.4. The van der Waals surface area contributed by atoms with Crippen LogP contribution in [0, 0.1) is 11.8 Å². The average molecular weight is 272 g/mol. The average Bonchev–Trinajstić information content (AvgIpc) is 2.79. The fourth-order valence-corrected chi connectivity index (χ4v) is 3.36. The number of fused-ring (bicyclic) bond motifs is 1. The number of hydrogen-bond acceptors (Lipinski definition) is 3. The van der Waals surface area contributed by atoms with Gasteiger partial charge in [0.05, 0.1) is 11.4 Å². The Balaban J connectivity index is 1.88. The number of rotatable bonds is 3. The van der Waals surface area contributed by atoms with Crippen molar-refractivity contribution in [3.63, 3.8) is 0 Å². The van der Waals surface area contributed by atoms with Gasteiger partial charge in [-0.3, -0.25) is 0 Å². The first kappa shape index (κ1) is 13.4. The highest BCUT2D eigenvalue weighted by Gasteiger charge is 2.22. The summed E-state index contributed by atoms with van der Waals surface area (Å²) >= 11 is 0. The molecule has 0 saturated carbocycles. The maximum absolute atomic E-state index is 5.60. The van der Waals surface area contributed by atoms with E-state index in [0.717, 1.165) is 42.7 Å². The molecule has 2 aromatic rings. The van der Waals surface area contributed by atoms with Crippen LogP contribution in [0.15, 0.2) is 24.5 Å². The van der Waals surface area contributed by atoms with Gasteiger partial charge in [0.15, 0.2) is 0 Å². The summed E-state index contributed by atoms with van der Waals surface area (Å²) in [6.45, 7) is 7.65. The Kier molecular flexibility index (Phi) is 3.66. The van der Waals surface area contributed by atoms with E-state index in [9.17, 15) is 0 Å². The third-order valence-corrected chi connectivity index (χ3v) is 4.12. The second-order valence-corrected chi connectivity index (χ2v) is 6.27. The Morgan fingerprint density at radius 1 is 1.20 bits per heavy atom. The zero-order valence-corrected chi connectivity index (χ0v) is 12.4. The molecule has 4 heteroatoms. The van der Waals surface area contributed by atoms with Crippen molar-refractivity contribution in [1.82, 2.24) is 9.38 Å². The van der Waals surface area contributed by atoms with Gasteiger partial charge >= 0.3 is 0 Å². The molecule has 108 valence electrons. The quantitative estimate of drug-likeness (QED) is 0.932. The molecule has 2 aromatic heterocycles. The second-order valence-electron chi connectivity index (χ2n) is 6.27. The lowest BCUT2D eigenvalue weighted by atomic mass is 9.92. The SMILES string of the molecule is CC1CC(C)CN(c2ccc3nc(CCN)cn3c2)C1. The van der Waals surface area contributed by atoms with E-state index in [1.54, 1.807) is 0 Å². The summed E-state index contributed by atoms with van der Waals surface area (Å²) in [6, 6.07) is 4.30. The number of imidazole rings is 1. The fourth-order valence-electron chi connectivity index (χ4n) is 3.36. The van der Waals surface area contributed by atoms with Crippen molar-refractivity contribution in [2.75, 3.05) is 24.5 Å². The third-order valence-electron chi connectivity index (χ3n) is 4.12. The molecule has 20 heavy (non-hydrogen) atoms. The highest BCUT2D eigenvalue weighted by atomic mass is 15.2. The maximum atomic E-state index is 5.60. The van der Waals surface area contributed by atoms with Gasteiger partial charge in [-0.15, -0.1) is 0 Å². The molecule has 1 fully saturated rings. The molecule has 3 rings (SSSR count). The molecule has 1 aliphatic heterocycles. The van der Waals surface area contributed by atoms with Crippen molar-refractivity contribution < 1.29 is 0 Å². The second kappa shape index (κ2) is 5.44. The van der Waals surface area contributed by atoms with Crippen molar-refractivity contribution in [3.8, 4) is 0 Å². The molecule has 1 aliphatic rings. The maximum Gasteiger partial charge on any atom is 0.137 e. The lowest BCUT2D eigenvalue weighted by Crippen LogP contribution is -2.38. The summed E-state index contributed by atoms with van der Waals surface area (Å²) < 4.78 is 2.13. The zero-order chi connectivity index (χ0) is 14.1. The minimum Gasteiger partial charge on any atom is -0.370 e. The summed E-state index contributed by atoms with van der Waals surface area (Å²) in [5, 5.41) is 0. The Morgan fingerprint density at radius 3 is 2.65 bits per heavy atom. The molecule has 0 amide bonds. The first-order valence-corrected chi connectivity index (χ1v) is 7.58. The number of nitrogens with zero attached hydrogens (tertiary/aromatic N) is 3. The highest BCUT2D eigenvalue weighted by Crippen LogP contribution is 2.26. The van der Waals surface area contributed by atoms with Crippen molar-refractivity contribution in [2.24, 2.45) is 17.6 Å². The van der Waals surface area contributed by atoms with E-state index in [4.69, 9.17) is 5.73 Å². The van der Waals surface area contributed by atoms with Gasteiger partial charge in [0, 0.05) is 31.9 Å². The minimum absolute atomic E-state index is 0.651. The number of aromatic nitrogens is 2. The van der Waals surface area contributed by atoms with Gasteiger partial charge in [0.25, 0.3) is 0 Å². The number of pyridine rings is 1. The van der Waals surface area contributed by atoms with E-state index in [1.807, 2.05) is 0 Å². The number of anilines is 1. The predicted octanol–water partition coefficient (Wildman–Crippen LogP) is 2.32. The van der Waals surface area contributed by atoms with E-state index in [-0.39, 0.29) is 0 Å². The molecule has 3 heterocycles. The molecule has 0 aromatic carbocycles. The molecule has 4 nitrogen and oxygen atoms in total. The fraction of sp³-hybridized carbons (Fsp3) is 0.562. The van der Waals surface area contributed by atoms with Gasteiger partial charge in [-0.05, 0) is 36.9 Å². The summed E-state index contributed by atoms with van der Waals surface area (Å²) in [5.41, 5.74) is 8.98. The van der Waals surface area contributed by atoms with Gasteiger partial charge in [0.1, 0.15) is 5.65 Å². The van der Waals surface area contributed by atoms with E-state index < -0.39 is 0 Å². The minimum atomic E-state index is 0.651. The van der Waals surface area contributed by atoms with Crippen molar-refractivity contribution in [2.45, 2.75) is 26.7 Å². The van der Waals surface area contributed by atoms with Crippen LogP contribution < -0.4 is 10.6 Å². The summed E-state index contributed by atoms with van der Waals surface area (Å²) in [7, 11) is 0. The first-order valence-electron chi connectivity index (χ1n) is 7.58. The Labute approximate surface area is 120 Å². The lowest BCUT2D eigenvalue weighted by molar-refractivity contribution is 0.356. The smallest absolute Gasteiger partial charge is 0.137 e. The van der Waals surface area contributed by atoms with Crippen LogP contribution in [0.3, 0.4) is 0 Å². The van der Waals surface area contributed by atoms with Gasteiger partial charge in [-0.2, -0.15) is 0 Å². The van der Waals surface area contributed by atoms with Crippen molar-refractivity contribution in [3.05, 3.63) is 30.2 Å². The molecule has 0 aliphatic carbocycles. The first-order chi connectivity index (χ1) is 9.65. The Morgan fingerprint density at radius 2 is 1.95 bits per heavy atom. The number of nitrogens with two attached hydrogens (primary N) is 1. The molecular weight excluding hydrogens is 248 g/mol. The van der Waals surface area contributed by atoms with Crippen LogP contribution in [0.5, 0.6) is 0 Å². The normalized spacial score (nSPS) is 23.4. The van der Waals surface area contributed by atoms with Crippen molar-refractivity contribution >= 4 is 11.3 Å². The number of piperidine rings is 1. The van der Waals surface area contributed by atoms with Crippen LogP contribution in [-0.4, -0.2) is 29.0 Å². The van der Waals surface area contributed by atoms with E-state index in [0.29, 0.717) is 6.54 Å². The lowest BCUT2D eigenvalue weighted by Gasteiger charge is -2.36. The highest BCUT2D eigenvalue weighted by molar-refractivity contribution is 5.53. The molecular formula is C16H24N4. The Bertz CT molecular complexity index is 579. The molecule has 0 spiro atoms. The molecule has 0 bridgehead atoms. The molecule has 2 atom stereocenters. The van der Waals surface area contributed by atoms with Gasteiger partial charge in [-0.1, -0.05) is 13.8 Å². The topological polar surface area (TPSA) is 46.6 Å².